The van der Waals surface area contributed by atoms with Crippen LogP contribution < -0.4 is 0 Å². The Kier molecular flexibility index (Phi) is 6.25. The van der Waals surface area contributed by atoms with E-state index in [1.807, 2.05) is 0 Å². The van der Waals surface area contributed by atoms with Crippen LogP contribution in [0.2, 0.25) is 0 Å². The summed E-state index contributed by atoms with van der Waals surface area (Å²) >= 11 is 0. The third kappa shape index (κ3) is 4.23. The summed E-state index contributed by atoms with van der Waals surface area (Å²) in [6.45, 7) is 0. The van der Waals surface area contributed by atoms with E-state index in [0.29, 0.717) is 0 Å². The Balaban J connectivity index is 1.43. The van der Waals surface area contributed by atoms with Crippen LogP contribution >= 0.6 is 0 Å². The Hall–Kier alpha value is -5.98. The molecule has 9 aromatic rings. The maximum Gasteiger partial charge on any atom is -0.00139 e. The lowest BCUT2D eigenvalue weighted by Crippen LogP contribution is -1.94. The normalized spacial score (nSPS) is 11.5. The first-order valence-corrected chi connectivity index (χ1v) is 15.9. The molecule has 0 atom stereocenters. The van der Waals surface area contributed by atoms with Gasteiger partial charge in [0, 0.05) is 0 Å². The molecule has 0 heteroatoms. The molecule has 0 saturated carbocycles. The summed E-state index contributed by atoms with van der Waals surface area (Å²) in [6, 6.07) is 66.5. The SMILES string of the molecule is c1ccc(-c2ccc3cccc(-c4c5ccccc5c(-c5c(-c6ccccc6)ccc6ccccc56)c5ccccc45)c3c2)cc1. The average Bonchev–Trinajstić information content (AvgIpc) is 3.14. The zero-order valence-electron chi connectivity index (χ0n) is 25.3. The number of hydrogen-bond donors (Lipinski definition) is 0. The molecule has 0 aromatic heterocycles. The third-order valence-electron chi connectivity index (χ3n) is 9.45. The van der Waals surface area contributed by atoms with Crippen LogP contribution in [-0.4, -0.2) is 0 Å². The second kappa shape index (κ2) is 10.9. The van der Waals surface area contributed by atoms with E-state index in [2.05, 4.69) is 182 Å². The van der Waals surface area contributed by atoms with E-state index in [-0.39, 0.29) is 0 Å². The first-order valence-electron chi connectivity index (χ1n) is 15.9. The van der Waals surface area contributed by atoms with Crippen molar-refractivity contribution in [1.82, 2.24) is 0 Å². The van der Waals surface area contributed by atoms with Gasteiger partial charge in [0.2, 0.25) is 0 Å². The summed E-state index contributed by atoms with van der Waals surface area (Å²) in [5.74, 6) is 0. The van der Waals surface area contributed by atoms with Crippen LogP contribution in [0, 0.1) is 0 Å². The standard InChI is InChI=1S/C46H30/c1-3-14-31(15-4-1)35-27-26-34-19-13-25-42(43(34)30-35)44-38-21-9-11-23-40(38)46(41-24-12-10-22-39(41)44)45-36-20-8-7-18-33(36)28-29-37(45)32-16-5-2-6-17-32/h1-30H. The molecule has 0 saturated heterocycles. The Labute approximate surface area is 268 Å². The van der Waals surface area contributed by atoms with Crippen molar-refractivity contribution in [2.75, 3.05) is 0 Å². The predicted molar refractivity (Wildman–Crippen MR) is 198 cm³/mol. The number of fused-ring (bicyclic) bond motifs is 4. The van der Waals surface area contributed by atoms with E-state index in [0.717, 1.165) is 0 Å². The molecule has 214 valence electrons. The summed E-state index contributed by atoms with van der Waals surface area (Å²) in [5.41, 5.74) is 10.1. The van der Waals surface area contributed by atoms with Crippen LogP contribution in [0.1, 0.15) is 0 Å². The molecule has 0 bridgehead atoms. The molecule has 0 spiro atoms. The van der Waals surface area contributed by atoms with Crippen molar-refractivity contribution in [3.05, 3.63) is 182 Å². The molecule has 0 nitrogen and oxygen atoms in total. The summed E-state index contributed by atoms with van der Waals surface area (Å²) in [4.78, 5) is 0. The van der Waals surface area contributed by atoms with E-state index in [4.69, 9.17) is 0 Å². The molecule has 0 aliphatic carbocycles. The van der Waals surface area contributed by atoms with Gasteiger partial charge in [-0.15, -0.1) is 0 Å². The smallest absolute Gasteiger partial charge is 0.00139 e. The molecule has 0 aliphatic heterocycles. The van der Waals surface area contributed by atoms with E-state index in [1.165, 1.54) is 87.6 Å². The molecule has 46 heavy (non-hydrogen) atoms. The lowest BCUT2D eigenvalue weighted by atomic mass is 9.81. The molecular weight excluding hydrogens is 553 g/mol. The van der Waals surface area contributed by atoms with Crippen molar-refractivity contribution in [2.45, 2.75) is 0 Å². The Morgan fingerprint density at radius 2 is 0.717 bits per heavy atom. The van der Waals surface area contributed by atoms with Gasteiger partial charge < -0.3 is 0 Å². The van der Waals surface area contributed by atoms with Gasteiger partial charge in [0.15, 0.2) is 0 Å². The molecule has 0 radical (unpaired) electrons. The Bertz CT molecular complexity index is 2500. The van der Waals surface area contributed by atoms with Gasteiger partial charge in [-0.3, -0.25) is 0 Å². The fourth-order valence-electron chi connectivity index (χ4n) is 7.39. The van der Waals surface area contributed by atoms with Gasteiger partial charge in [-0.1, -0.05) is 176 Å². The van der Waals surface area contributed by atoms with Crippen molar-refractivity contribution < 1.29 is 0 Å². The minimum absolute atomic E-state index is 1.22. The minimum Gasteiger partial charge on any atom is -0.0622 e. The number of rotatable bonds is 4. The van der Waals surface area contributed by atoms with Crippen LogP contribution in [-0.2, 0) is 0 Å². The van der Waals surface area contributed by atoms with Gasteiger partial charge in [0.25, 0.3) is 0 Å². The topological polar surface area (TPSA) is 0 Å². The summed E-state index contributed by atoms with van der Waals surface area (Å²) in [7, 11) is 0. The highest BCUT2D eigenvalue weighted by Crippen LogP contribution is 2.49. The van der Waals surface area contributed by atoms with Gasteiger partial charge in [0.1, 0.15) is 0 Å². The zero-order chi connectivity index (χ0) is 30.5. The quantitative estimate of drug-likeness (QED) is 0.181. The highest BCUT2D eigenvalue weighted by Gasteiger charge is 2.21. The number of benzene rings is 9. The monoisotopic (exact) mass is 582 g/mol. The molecule has 0 amide bonds. The second-order valence-electron chi connectivity index (χ2n) is 12.0. The van der Waals surface area contributed by atoms with Crippen molar-refractivity contribution in [2.24, 2.45) is 0 Å². The fraction of sp³-hybridized carbons (Fsp3) is 0. The molecule has 0 unspecified atom stereocenters. The molecular formula is C46H30. The highest BCUT2D eigenvalue weighted by atomic mass is 14.2. The van der Waals surface area contributed by atoms with Gasteiger partial charge in [-0.25, -0.2) is 0 Å². The molecule has 9 aromatic carbocycles. The fourth-order valence-corrected chi connectivity index (χ4v) is 7.39. The second-order valence-corrected chi connectivity index (χ2v) is 12.0. The van der Waals surface area contributed by atoms with Crippen LogP contribution in [0.5, 0.6) is 0 Å². The summed E-state index contributed by atoms with van der Waals surface area (Å²) in [6.07, 6.45) is 0. The van der Waals surface area contributed by atoms with Gasteiger partial charge >= 0.3 is 0 Å². The Morgan fingerprint density at radius 3 is 1.39 bits per heavy atom. The van der Waals surface area contributed by atoms with E-state index < -0.39 is 0 Å². The van der Waals surface area contributed by atoms with Crippen molar-refractivity contribution in [3.63, 3.8) is 0 Å². The molecule has 0 heterocycles. The van der Waals surface area contributed by atoms with Crippen LogP contribution in [0.25, 0.3) is 87.6 Å². The molecule has 0 aliphatic rings. The van der Waals surface area contributed by atoms with E-state index >= 15 is 0 Å². The molecule has 0 N–H and O–H groups in total. The first-order chi connectivity index (χ1) is 22.8. The minimum atomic E-state index is 1.22. The average molecular weight is 583 g/mol. The lowest BCUT2D eigenvalue weighted by molar-refractivity contribution is 1.63. The van der Waals surface area contributed by atoms with Gasteiger partial charge in [-0.2, -0.15) is 0 Å². The van der Waals surface area contributed by atoms with Crippen molar-refractivity contribution >= 4 is 43.1 Å². The van der Waals surface area contributed by atoms with Crippen LogP contribution in [0.3, 0.4) is 0 Å². The maximum atomic E-state index is 2.37. The van der Waals surface area contributed by atoms with Crippen LogP contribution in [0.4, 0.5) is 0 Å². The predicted octanol–water partition coefficient (Wildman–Crippen LogP) is 13.0. The van der Waals surface area contributed by atoms with Gasteiger partial charge in [-0.05, 0) is 93.7 Å². The van der Waals surface area contributed by atoms with Crippen LogP contribution in [0.15, 0.2) is 182 Å². The van der Waals surface area contributed by atoms with Crippen molar-refractivity contribution in [3.8, 4) is 44.5 Å². The molecule has 9 rings (SSSR count). The summed E-state index contributed by atoms with van der Waals surface area (Å²) < 4.78 is 0. The first kappa shape index (κ1) is 26.4. The lowest BCUT2D eigenvalue weighted by Gasteiger charge is -2.22. The van der Waals surface area contributed by atoms with Crippen molar-refractivity contribution in [1.29, 1.82) is 0 Å². The third-order valence-corrected chi connectivity index (χ3v) is 9.45. The van der Waals surface area contributed by atoms with E-state index in [9.17, 15) is 0 Å². The summed E-state index contributed by atoms with van der Waals surface area (Å²) in [5, 5.41) is 10.1. The van der Waals surface area contributed by atoms with Gasteiger partial charge in [0.05, 0.1) is 0 Å². The van der Waals surface area contributed by atoms with E-state index in [1.54, 1.807) is 0 Å². The number of hydrogen-bond acceptors (Lipinski definition) is 0. The Morgan fingerprint density at radius 1 is 0.217 bits per heavy atom. The zero-order valence-corrected chi connectivity index (χ0v) is 25.3. The molecule has 0 fully saturated rings. The largest absolute Gasteiger partial charge is 0.0622 e. The maximum absolute atomic E-state index is 2.37. The highest BCUT2D eigenvalue weighted by molar-refractivity contribution is 6.26.